The van der Waals surface area contributed by atoms with E-state index < -0.39 is 18.1 Å². The second kappa shape index (κ2) is 7.66. The van der Waals surface area contributed by atoms with Crippen LogP contribution in [0.25, 0.3) is 6.08 Å². The Morgan fingerprint density at radius 2 is 1.83 bits per heavy atom. The number of piperidine rings is 1. The van der Waals surface area contributed by atoms with Crippen LogP contribution < -0.4 is 5.32 Å². The van der Waals surface area contributed by atoms with Gasteiger partial charge in [-0.25, -0.2) is 9.59 Å². The molecule has 1 amide bonds. The van der Waals surface area contributed by atoms with Crippen LogP contribution in [0.1, 0.15) is 12.0 Å². The Bertz CT molecular complexity index is 898. The molecule has 1 aromatic heterocycles. The third kappa shape index (κ3) is 3.86. The minimum absolute atomic E-state index is 0.0376. The first kappa shape index (κ1) is 20.5. The molecule has 3 aliphatic heterocycles. The molecule has 0 radical (unpaired) electrons. The molecule has 3 atom stereocenters. The van der Waals surface area contributed by atoms with Gasteiger partial charge in [0.15, 0.2) is 0 Å². The molecule has 154 valence electrons. The van der Waals surface area contributed by atoms with Crippen LogP contribution in [0.15, 0.2) is 41.9 Å². The zero-order valence-corrected chi connectivity index (χ0v) is 14.8. The van der Waals surface area contributed by atoms with E-state index in [1.54, 1.807) is 12.4 Å². The molecule has 4 rings (SSSR count). The quantitative estimate of drug-likeness (QED) is 0.641. The number of alkyl halides is 3. The highest BCUT2D eigenvalue weighted by Gasteiger charge is 2.60. The minimum atomic E-state index is -5.08. The summed E-state index contributed by atoms with van der Waals surface area (Å²) >= 11 is 0. The minimum Gasteiger partial charge on any atom is -0.477 e. The molecule has 0 aromatic carbocycles. The summed E-state index contributed by atoms with van der Waals surface area (Å²) in [5.41, 5.74) is 1.86. The second-order valence-electron chi connectivity index (χ2n) is 6.55. The Morgan fingerprint density at radius 1 is 1.21 bits per heavy atom. The molecule has 8 nitrogen and oxygen atoms in total. The fourth-order valence-corrected chi connectivity index (χ4v) is 3.70. The van der Waals surface area contributed by atoms with Crippen molar-refractivity contribution in [1.29, 1.82) is 0 Å². The highest BCUT2D eigenvalue weighted by atomic mass is 19.4. The van der Waals surface area contributed by atoms with Crippen molar-refractivity contribution in [3.8, 4) is 0 Å². The summed E-state index contributed by atoms with van der Waals surface area (Å²) in [5.74, 6) is -3.81. The number of rotatable bonds is 3. The molecule has 2 fully saturated rings. The molecule has 0 bridgehead atoms. The van der Waals surface area contributed by atoms with Crippen molar-refractivity contribution >= 4 is 23.9 Å². The fraction of sp³-hybridized carbons (Fsp3) is 0.333. The number of hydrogen-bond donors (Lipinski definition) is 3. The maximum absolute atomic E-state index is 12.1. The number of hydrogen-bond acceptors (Lipinski definition) is 5. The van der Waals surface area contributed by atoms with E-state index in [0.717, 1.165) is 24.1 Å². The lowest BCUT2D eigenvalue weighted by Gasteiger charge is -2.48. The van der Waals surface area contributed by atoms with Crippen molar-refractivity contribution in [3.63, 3.8) is 0 Å². The van der Waals surface area contributed by atoms with Gasteiger partial charge in [0.2, 0.25) is 5.91 Å². The van der Waals surface area contributed by atoms with Crippen LogP contribution >= 0.6 is 0 Å². The summed E-state index contributed by atoms with van der Waals surface area (Å²) in [6.45, 7) is 0.741. The van der Waals surface area contributed by atoms with Crippen LogP contribution in [0.2, 0.25) is 0 Å². The predicted octanol–water partition coefficient (Wildman–Crippen LogP) is 1.27. The summed E-state index contributed by atoms with van der Waals surface area (Å²) in [5, 5.41) is 19.8. The van der Waals surface area contributed by atoms with E-state index in [1.165, 1.54) is 4.90 Å². The number of β-lactam (4-membered cyclic amide) rings is 1. The number of aromatic nitrogens is 1. The van der Waals surface area contributed by atoms with Gasteiger partial charge in [0.05, 0.1) is 6.04 Å². The largest absolute Gasteiger partial charge is 0.490 e. The van der Waals surface area contributed by atoms with E-state index in [-0.39, 0.29) is 29.6 Å². The average molecular weight is 411 g/mol. The molecule has 0 spiro atoms. The number of carboxylic acid groups (broad SMARTS) is 2. The van der Waals surface area contributed by atoms with Gasteiger partial charge < -0.3 is 15.5 Å². The maximum Gasteiger partial charge on any atom is 0.490 e. The number of halogens is 3. The van der Waals surface area contributed by atoms with Crippen molar-refractivity contribution in [2.24, 2.45) is 5.92 Å². The lowest BCUT2D eigenvalue weighted by atomic mass is 9.79. The Balaban J connectivity index is 0.000000298. The van der Waals surface area contributed by atoms with E-state index in [2.05, 4.69) is 10.3 Å². The fourth-order valence-electron chi connectivity index (χ4n) is 3.70. The van der Waals surface area contributed by atoms with Gasteiger partial charge in [-0.2, -0.15) is 13.2 Å². The third-order valence-electron chi connectivity index (χ3n) is 4.90. The van der Waals surface area contributed by atoms with E-state index in [4.69, 9.17) is 9.90 Å². The van der Waals surface area contributed by atoms with Gasteiger partial charge in [-0.3, -0.25) is 14.7 Å². The summed E-state index contributed by atoms with van der Waals surface area (Å²) in [7, 11) is 0. The lowest BCUT2D eigenvalue weighted by molar-refractivity contribution is -0.192. The highest BCUT2D eigenvalue weighted by Crippen LogP contribution is 2.46. The second-order valence-corrected chi connectivity index (χ2v) is 6.55. The van der Waals surface area contributed by atoms with Gasteiger partial charge in [-0.1, -0.05) is 12.2 Å². The van der Waals surface area contributed by atoms with E-state index in [1.807, 2.05) is 24.3 Å². The zero-order valence-electron chi connectivity index (χ0n) is 14.8. The summed E-state index contributed by atoms with van der Waals surface area (Å²) in [6, 6.07) is 3.46. The summed E-state index contributed by atoms with van der Waals surface area (Å²) in [4.78, 5) is 38.1. The third-order valence-corrected chi connectivity index (χ3v) is 4.90. The number of pyridine rings is 1. The summed E-state index contributed by atoms with van der Waals surface area (Å²) < 4.78 is 31.7. The standard InChI is InChI=1S/C16H15N3O3.C2HF3O2/c20-15-12-13-11(5-8-18-12)10(14(16(21)22)19(13)15)2-1-9-3-6-17-7-4-9;3-2(4,5)1(6)7/h1-4,6-7,11-13,18H,5,8H2,(H,21,22);(H,6,7)/b2-1+;/t11?,12-,13+;/m0./s1. The van der Waals surface area contributed by atoms with Gasteiger partial charge in [0.1, 0.15) is 11.7 Å². The summed E-state index contributed by atoms with van der Waals surface area (Å²) in [6.07, 6.45) is 2.87. The molecule has 1 aromatic rings. The number of carbonyl (C=O) groups excluding carboxylic acids is 1. The zero-order chi connectivity index (χ0) is 21.3. The number of aliphatic carboxylic acids is 2. The van der Waals surface area contributed by atoms with Crippen LogP contribution in [0.4, 0.5) is 13.2 Å². The van der Waals surface area contributed by atoms with Gasteiger partial charge in [-0.15, -0.1) is 0 Å². The van der Waals surface area contributed by atoms with Crippen molar-refractivity contribution in [2.75, 3.05) is 6.54 Å². The van der Waals surface area contributed by atoms with E-state index in [9.17, 15) is 27.9 Å². The van der Waals surface area contributed by atoms with Crippen LogP contribution in [-0.2, 0) is 14.4 Å². The molecular weight excluding hydrogens is 395 g/mol. The normalized spacial score (nSPS) is 25.3. The number of allylic oxidation sites excluding steroid dienone is 1. The number of carbonyl (C=O) groups is 3. The van der Waals surface area contributed by atoms with Crippen LogP contribution in [0.3, 0.4) is 0 Å². The van der Waals surface area contributed by atoms with Gasteiger partial charge >= 0.3 is 18.1 Å². The van der Waals surface area contributed by atoms with Crippen molar-refractivity contribution in [3.05, 3.63) is 47.4 Å². The SMILES string of the molecule is O=C(O)C(F)(F)F.O=C(O)C1=C(/C=C/c2ccncc2)C2CCN[C@@H]3C(=O)N1[C@H]23. The molecule has 1 unspecified atom stereocenters. The highest BCUT2D eigenvalue weighted by molar-refractivity contribution is 6.02. The van der Waals surface area contributed by atoms with Crippen LogP contribution in [0.5, 0.6) is 0 Å². The molecule has 2 saturated heterocycles. The van der Waals surface area contributed by atoms with E-state index >= 15 is 0 Å². The molecule has 0 aliphatic carbocycles. The van der Waals surface area contributed by atoms with Gasteiger partial charge in [-0.05, 0) is 36.2 Å². The first-order valence-corrected chi connectivity index (χ1v) is 8.55. The van der Waals surface area contributed by atoms with Crippen molar-refractivity contribution in [2.45, 2.75) is 24.7 Å². The first-order chi connectivity index (χ1) is 13.6. The molecule has 3 N–H and O–H groups in total. The smallest absolute Gasteiger partial charge is 0.477 e. The number of amides is 1. The molecule has 11 heteroatoms. The van der Waals surface area contributed by atoms with Crippen molar-refractivity contribution < 1.29 is 37.8 Å². The van der Waals surface area contributed by atoms with Crippen LogP contribution in [0, 0.1) is 5.92 Å². The maximum atomic E-state index is 12.1. The van der Waals surface area contributed by atoms with Crippen molar-refractivity contribution in [1.82, 2.24) is 15.2 Å². The topological polar surface area (TPSA) is 120 Å². The lowest BCUT2D eigenvalue weighted by Crippen LogP contribution is -2.71. The molecule has 0 saturated carbocycles. The number of nitrogens with zero attached hydrogens (tertiary/aromatic N) is 2. The van der Waals surface area contributed by atoms with Crippen LogP contribution in [-0.4, -0.2) is 62.7 Å². The van der Waals surface area contributed by atoms with E-state index in [0.29, 0.717) is 0 Å². The Labute approximate surface area is 162 Å². The monoisotopic (exact) mass is 411 g/mol. The predicted molar refractivity (Wildman–Crippen MR) is 92.2 cm³/mol. The first-order valence-electron chi connectivity index (χ1n) is 8.55. The Hall–Kier alpha value is -3.21. The molecule has 4 heterocycles. The number of carboxylic acids is 2. The van der Waals surface area contributed by atoms with Gasteiger partial charge in [0, 0.05) is 18.3 Å². The van der Waals surface area contributed by atoms with Gasteiger partial charge in [0.25, 0.3) is 0 Å². The molecule has 29 heavy (non-hydrogen) atoms. The Kier molecular flexibility index (Phi) is 5.42. The molecular formula is C18H16F3N3O5. The number of nitrogens with one attached hydrogen (secondary N) is 1. The molecule has 3 aliphatic rings. The average Bonchev–Trinajstić information content (AvgIpc) is 3.00. The Morgan fingerprint density at radius 3 is 2.38 bits per heavy atom.